The lowest BCUT2D eigenvalue weighted by atomic mass is 9.70. The summed E-state index contributed by atoms with van der Waals surface area (Å²) in [5.74, 6) is 1.57. The summed E-state index contributed by atoms with van der Waals surface area (Å²) in [6.45, 7) is 12.8. The second-order valence-corrected chi connectivity index (χ2v) is 8.60. The van der Waals surface area contributed by atoms with Crippen LogP contribution in [-0.4, -0.2) is 30.8 Å². The van der Waals surface area contributed by atoms with Gasteiger partial charge in [-0.05, 0) is 56.0 Å². The molecule has 1 saturated carbocycles. The fourth-order valence-corrected chi connectivity index (χ4v) is 4.39. The Hall–Kier alpha value is -0.370. The molecule has 2 aliphatic rings. The monoisotopic (exact) mass is 279 g/mol. The lowest BCUT2D eigenvalue weighted by Crippen LogP contribution is -2.46. The van der Waals surface area contributed by atoms with Gasteiger partial charge in [-0.15, -0.1) is 0 Å². The second kappa shape index (κ2) is 6.17. The van der Waals surface area contributed by atoms with Gasteiger partial charge >= 0.3 is 0 Å². The summed E-state index contributed by atoms with van der Waals surface area (Å²) in [5, 5.41) is 0. The van der Waals surface area contributed by atoms with Gasteiger partial charge in [0.15, 0.2) is 0 Å². The molecule has 0 aromatic rings. The Morgan fingerprint density at radius 3 is 2.35 bits per heavy atom. The highest BCUT2D eigenvalue weighted by Crippen LogP contribution is 2.40. The van der Waals surface area contributed by atoms with Gasteiger partial charge in [0.1, 0.15) is 6.29 Å². The topological polar surface area (TPSA) is 20.3 Å². The van der Waals surface area contributed by atoms with Gasteiger partial charge in [0, 0.05) is 12.0 Å². The van der Waals surface area contributed by atoms with Crippen LogP contribution in [0.4, 0.5) is 0 Å². The lowest BCUT2D eigenvalue weighted by Gasteiger charge is -2.43. The molecule has 2 nitrogen and oxygen atoms in total. The van der Waals surface area contributed by atoms with Crippen molar-refractivity contribution < 1.29 is 4.79 Å². The fraction of sp³-hybridized carbons (Fsp3) is 0.944. The summed E-state index contributed by atoms with van der Waals surface area (Å²) in [6, 6.07) is 0. The van der Waals surface area contributed by atoms with E-state index in [0.29, 0.717) is 5.41 Å². The smallest absolute Gasteiger partial charge is 0.127 e. The predicted octanol–water partition coefficient (Wildman–Crippen LogP) is 4.14. The summed E-state index contributed by atoms with van der Waals surface area (Å²) in [4.78, 5) is 14.3. The van der Waals surface area contributed by atoms with E-state index in [9.17, 15) is 4.79 Å². The average Bonchev–Trinajstić information content (AvgIpc) is 2.38. The third-order valence-corrected chi connectivity index (χ3v) is 5.73. The minimum absolute atomic E-state index is 0.0355. The zero-order chi connectivity index (χ0) is 14.8. The van der Waals surface area contributed by atoms with Crippen molar-refractivity contribution in [3.05, 3.63) is 0 Å². The van der Waals surface area contributed by atoms with Crippen molar-refractivity contribution in [3.8, 4) is 0 Å². The maximum absolute atomic E-state index is 11.7. The summed E-state index contributed by atoms with van der Waals surface area (Å²) in [7, 11) is 0. The number of carbonyl (C=O) groups excluding carboxylic acids is 1. The number of piperidine rings is 1. The van der Waals surface area contributed by atoms with Crippen LogP contribution in [0.25, 0.3) is 0 Å². The van der Waals surface area contributed by atoms with E-state index >= 15 is 0 Å². The molecule has 2 rings (SSSR count). The third-order valence-electron chi connectivity index (χ3n) is 5.73. The van der Waals surface area contributed by atoms with Crippen LogP contribution in [0.5, 0.6) is 0 Å². The van der Waals surface area contributed by atoms with E-state index in [1.54, 1.807) is 0 Å². The van der Waals surface area contributed by atoms with Gasteiger partial charge in [-0.3, -0.25) is 0 Å². The lowest BCUT2D eigenvalue weighted by molar-refractivity contribution is -0.120. The number of nitrogens with zero attached hydrogens (tertiary/aromatic N) is 1. The quantitative estimate of drug-likeness (QED) is 0.724. The summed E-state index contributed by atoms with van der Waals surface area (Å²) in [5.41, 5.74) is 0.403. The molecular weight excluding hydrogens is 246 g/mol. The van der Waals surface area contributed by atoms with Crippen molar-refractivity contribution in [1.29, 1.82) is 0 Å². The average molecular weight is 279 g/mol. The van der Waals surface area contributed by atoms with Crippen LogP contribution in [0.3, 0.4) is 0 Å². The zero-order valence-corrected chi connectivity index (χ0v) is 14.0. The van der Waals surface area contributed by atoms with E-state index in [-0.39, 0.29) is 5.41 Å². The normalized spacial score (nSPS) is 34.1. The Kier molecular flexibility index (Phi) is 4.94. The molecule has 1 saturated heterocycles. The van der Waals surface area contributed by atoms with Crippen LogP contribution in [0, 0.1) is 22.7 Å². The van der Waals surface area contributed by atoms with Gasteiger partial charge in [0.05, 0.1) is 0 Å². The number of aldehydes is 1. The molecule has 1 aliphatic carbocycles. The van der Waals surface area contributed by atoms with E-state index in [0.717, 1.165) is 31.2 Å². The SMILES string of the molecule is CC1CCCC(C=O)(CN2CCC(C(C)(C)C)CC2)C1. The molecule has 20 heavy (non-hydrogen) atoms. The number of hydrogen-bond donors (Lipinski definition) is 0. The van der Waals surface area contributed by atoms with Crippen LogP contribution in [0.1, 0.15) is 66.2 Å². The first kappa shape index (κ1) is 16.0. The van der Waals surface area contributed by atoms with Crippen molar-refractivity contribution in [3.63, 3.8) is 0 Å². The highest BCUT2D eigenvalue weighted by molar-refractivity contribution is 5.60. The largest absolute Gasteiger partial charge is 0.303 e. The molecule has 1 heterocycles. The molecule has 1 aliphatic heterocycles. The van der Waals surface area contributed by atoms with Gasteiger partial charge < -0.3 is 9.69 Å². The third kappa shape index (κ3) is 3.84. The van der Waals surface area contributed by atoms with E-state index in [1.165, 1.54) is 45.1 Å². The van der Waals surface area contributed by atoms with Crippen LogP contribution >= 0.6 is 0 Å². The Labute approximate surface area is 125 Å². The first-order chi connectivity index (χ1) is 9.35. The predicted molar refractivity (Wildman–Crippen MR) is 84.7 cm³/mol. The van der Waals surface area contributed by atoms with Crippen molar-refractivity contribution in [2.24, 2.45) is 22.7 Å². The van der Waals surface area contributed by atoms with E-state index in [4.69, 9.17) is 0 Å². The van der Waals surface area contributed by atoms with Crippen LogP contribution < -0.4 is 0 Å². The number of carbonyl (C=O) groups is 1. The molecular formula is C18H33NO. The number of rotatable bonds is 3. The van der Waals surface area contributed by atoms with Gasteiger partial charge in [-0.1, -0.05) is 40.5 Å². The Balaban J connectivity index is 1.89. The van der Waals surface area contributed by atoms with Crippen molar-refractivity contribution in [2.45, 2.75) is 66.2 Å². The fourth-order valence-electron chi connectivity index (χ4n) is 4.39. The second-order valence-electron chi connectivity index (χ2n) is 8.60. The van der Waals surface area contributed by atoms with E-state index < -0.39 is 0 Å². The standard InChI is InChI=1S/C18H33NO/c1-15-6-5-9-18(12-15,14-20)13-19-10-7-16(8-11-19)17(2,3)4/h14-16H,5-13H2,1-4H3. The summed E-state index contributed by atoms with van der Waals surface area (Å²) >= 11 is 0. The molecule has 2 atom stereocenters. The molecule has 2 fully saturated rings. The molecule has 116 valence electrons. The van der Waals surface area contributed by atoms with Gasteiger partial charge in [0.25, 0.3) is 0 Å². The molecule has 0 aromatic carbocycles. The van der Waals surface area contributed by atoms with Crippen molar-refractivity contribution in [1.82, 2.24) is 4.90 Å². The summed E-state index contributed by atoms with van der Waals surface area (Å²) in [6.07, 6.45) is 8.65. The highest BCUT2D eigenvalue weighted by Gasteiger charge is 2.38. The van der Waals surface area contributed by atoms with Gasteiger partial charge in [-0.25, -0.2) is 0 Å². The van der Waals surface area contributed by atoms with Gasteiger partial charge in [0.2, 0.25) is 0 Å². The molecule has 0 bridgehead atoms. The molecule has 2 heteroatoms. The van der Waals surface area contributed by atoms with Crippen molar-refractivity contribution in [2.75, 3.05) is 19.6 Å². The first-order valence-corrected chi connectivity index (χ1v) is 8.53. The molecule has 0 amide bonds. The van der Waals surface area contributed by atoms with E-state index in [1.807, 2.05) is 0 Å². The Morgan fingerprint density at radius 1 is 1.20 bits per heavy atom. The molecule has 0 aromatic heterocycles. The summed E-state index contributed by atoms with van der Waals surface area (Å²) < 4.78 is 0. The molecule has 0 radical (unpaired) electrons. The molecule has 2 unspecified atom stereocenters. The minimum atomic E-state index is -0.0355. The molecule has 0 spiro atoms. The van der Waals surface area contributed by atoms with Gasteiger partial charge in [-0.2, -0.15) is 0 Å². The number of hydrogen-bond acceptors (Lipinski definition) is 2. The van der Waals surface area contributed by atoms with Crippen LogP contribution in [0.2, 0.25) is 0 Å². The zero-order valence-electron chi connectivity index (χ0n) is 14.0. The Morgan fingerprint density at radius 2 is 1.85 bits per heavy atom. The minimum Gasteiger partial charge on any atom is -0.303 e. The maximum Gasteiger partial charge on any atom is 0.127 e. The van der Waals surface area contributed by atoms with Crippen LogP contribution in [0.15, 0.2) is 0 Å². The Bertz CT molecular complexity index is 325. The first-order valence-electron chi connectivity index (χ1n) is 8.53. The molecule has 0 N–H and O–H groups in total. The van der Waals surface area contributed by atoms with Crippen LogP contribution in [-0.2, 0) is 4.79 Å². The van der Waals surface area contributed by atoms with E-state index in [2.05, 4.69) is 32.6 Å². The highest BCUT2D eigenvalue weighted by atomic mass is 16.1. The number of likely N-dealkylation sites (tertiary alicyclic amines) is 1. The maximum atomic E-state index is 11.7. The van der Waals surface area contributed by atoms with Crippen molar-refractivity contribution >= 4 is 6.29 Å².